The third-order valence-corrected chi connectivity index (χ3v) is 3.53. The van der Waals surface area contributed by atoms with Crippen molar-refractivity contribution in [3.63, 3.8) is 0 Å². The number of carboxylic acids is 1. The number of carbonyl (C=O) groups is 1. The molecule has 0 spiro atoms. The van der Waals surface area contributed by atoms with Crippen LogP contribution in [-0.2, 0) is 4.79 Å². The summed E-state index contributed by atoms with van der Waals surface area (Å²) in [7, 11) is 0. The maximum Gasteiger partial charge on any atom is 0.309 e. The second-order valence-electron chi connectivity index (χ2n) is 4.57. The van der Waals surface area contributed by atoms with Crippen molar-refractivity contribution in [1.29, 1.82) is 0 Å². The van der Waals surface area contributed by atoms with Crippen molar-refractivity contribution in [2.75, 3.05) is 0 Å². The fourth-order valence-electron chi connectivity index (χ4n) is 2.27. The fraction of sp³-hybridized carbons (Fsp3) is 0.462. The predicted octanol–water partition coefficient (Wildman–Crippen LogP) is 2.37. The molecule has 0 saturated heterocycles. The first-order valence-electron chi connectivity index (χ1n) is 5.60. The molecule has 1 aliphatic carbocycles. The molecular weight excluding hydrogens is 204 g/mol. The Hall–Kier alpha value is -1.35. The van der Waals surface area contributed by atoms with Gasteiger partial charge in [0.15, 0.2) is 0 Å². The molecule has 1 aromatic rings. The first kappa shape index (κ1) is 11.1. The number of hydrogen-bond donors (Lipinski definition) is 2. The molecule has 0 bridgehead atoms. The Morgan fingerprint density at radius 3 is 2.38 bits per heavy atom. The number of rotatable bonds is 4. The van der Waals surface area contributed by atoms with Gasteiger partial charge >= 0.3 is 5.97 Å². The molecule has 16 heavy (non-hydrogen) atoms. The lowest BCUT2D eigenvalue weighted by Gasteiger charge is -2.39. The second-order valence-corrected chi connectivity index (χ2v) is 4.57. The Morgan fingerprint density at radius 1 is 1.31 bits per heavy atom. The largest absolute Gasteiger partial charge is 0.481 e. The molecule has 1 fully saturated rings. The lowest BCUT2D eigenvalue weighted by Crippen LogP contribution is -2.39. The molecular formula is C13H16O3. The molecule has 3 heteroatoms. The Bertz CT molecular complexity index is 368. The van der Waals surface area contributed by atoms with Crippen LogP contribution in [-0.4, -0.2) is 16.2 Å². The predicted molar refractivity (Wildman–Crippen MR) is 59.9 cm³/mol. The summed E-state index contributed by atoms with van der Waals surface area (Å²) in [4.78, 5) is 11.2. The summed E-state index contributed by atoms with van der Waals surface area (Å²) in [5.74, 6) is -0.770. The summed E-state index contributed by atoms with van der Waals surface area (Å²) in [5, 5.41) is 19.2. The van der Waals surface area contributed by atoms with Gasteiger partial charge in [-0.05, 0) is 24.8 Å². The third-order valence-electron chi connectivity index (χ3n) is 3.53. The molecule has 0 aliphatic heterocycles. The number of aliphatic hydroxyl groups is 1. The van der Waals surface area contributed by atoms with Crippen LogP contribution in [0, 0.1) is 5.41 Å². The van der Waals surface area contributed by atoms with Crippen molar-refractivity contribution >= 4 is 5.97 Å². The summed E-state index contributed by atoms with van der Waals surface area (Å²) >= 11 is 0. The second kappa shape index (κ2) is 4.26. The molecule has 3 nitrogen and oxygen atoms in total. The van der Waals surface area contributed by atoms with Crippen molar-refractivity contribution < 1.29 is 15.0 Å². The summed E-state index contributed by atoms with van der Waals surface area (Å²) in [5.41, 5.74) is 0.116. The minimum absolute atomic E-state index is 0.326. The van der Waals surface area contributed by atoms with E-state index in [1.54, 1.807) is 0 Å². The first-order chi connectivity index (χ1) is 7.64. The minimum atomic E-state index is -0.770. The Kier molecular flexibility index (Phi) is 2.97. The number of aliphatic carboxylic acids is 1. The molecule has 1 saturated carbocycles. The maximum atomic E-state index is 11.2. The van der Waals surface area contributed by atoms with Crippen LogP contribution >= 0.6 is 0 Å². The number of carboxylic acid groups (broad SMARTS) is 1. The van der Waals surface area contributed by atoms with Crippen LogP contribution in [0.5, 0.6) is 0 Å². The van der Waals surface area contributed by atoms with Gasteiger partial charge in [-0.3, -0.25) is 4.79 Å². The molecule has 0 amide bonds. The van der Waals surface area contributed by atoms with Crippen LogP contribution in [0.3, 0.4) is 0 Å². The van der Waals surface area contributed by atoms with Crippen molar-refractivity contribution in [3.05, 3.63) is 35.9 Å². The summed E-state index contributed by atoms with van der Waals surface area (Å²) in [6, 6.07) is 9.25. The highest BCUT2D eigenvalue weighted by atomic mass is 16.4. The summed E-state index contributed by atoms with van der Waals surface area (Å²) < 4.78 is 0. The lowest BCUT2D eigenvalue weighted by atomic mass is 9.65. The van der Waals surface area contributed by atoms with E-state index in [0.29, 0.717) is 19.3 Å². The van der Waals surface area contributed by atoms with E-state index in [9.17, 15) is 9.90 Å². The molecule has 0 aromatic heterocycles. The average Bonchev–Trinajstić information content (AvgIpc) is 2.24. The zero-order valence-corrected chi connectivity index (χ0v) is 9.10. The standard InChI is InChI=1S/C13H16O3/c14-11(10-5-2-1-3-6-10)9-13(12(15)16)7-4-8-13/h1-3,5-6,11,14H,4,7-9H2,(H,15,16). The number of benzene rings is 1. The van der Waals surface area contributed by atoms with E-state index in [4.69, 9.17) is 5.11 Å². The number of aliphatic hydroxyl groups excluding tert-OH is 1. The van der Waals surface area contributed by atoms with Crippen molar-refractivity contribution in [1.82, 2.24) is 0 Å². The summed E-state index contributed by atoms with van der Waals surface area (Å²) in [6.45, 7) is 0. The van der Waals surface area contributed by atoms with Gasteiger partial charge in [-0.25, -0.2) is 0 Å². The van der Waals surface area contributed by atoms with E-state index in [-0.39, 0.29) is 0 Å². The van der Waals surface area contributed by atoms with E-state index in [0.717, 1.165) is 12.0 Å². The van der Waals surface area contributed by atoms with Crippen LogP contribution < -0.4 is 0 Å². The Morgan fingerprint density at radius 2 is 1.94 bits per heavy atom. The molecule has 1 unspecified atom stereocenters. The number of hydrogen-bond acceptors (Lipinski definition) is 2. The van der Waals surface area contributed by atoms with Gasteiger partial charge in [-0.15, -0.1) is 0 Å². The van der Waals surface area contributed by atoms with E-state index < -0.39 is 17.5 Å². The Labute approximate surface area is 94.7 Å². The zero-order valence-electron chi connectivity index (χ0n) is 9.10. The van der Waals surface area contributed by atoms with E-state index in [2.05, 4.69) is 0 Å². The van der Waals surface area contributed by atoms with Crippen molar-refractivity contribution in [3.8, 4) is 0 Å². The highest BCUT2D eigenvalue weighted by Gasteiger charge is 2.45. The molecule has 1 aromatic carbocycles. The fourth-order valence-corrected chi connectivity index (χ4v) is 2.27. The molecule has 1 aliphatic rings. The van der Waals surface area contributed by atoms with Crippen LogP contribution in [0.25, 0.3) is 0 Å². The van der Waals surface area contributed by atoms with E-state index >= 15 is 0 Å². The van der Waals surface area contributed by atoms with Crippen LogP contribution in [0.1, 0.15) is 37.4 Å². The smallest absolute Gasteiger partial charge is 0.309 e. The Balaban J connectivity index is 2.07. The van der Waals surface area contributed by atoms with Gasteiger partial charge in [0, 0.05) is 0 Å². The van der Waals surface area contributed by atoms with Crippen LogP contribution in [0.2, 0.25) is 0 Å². The van der Waals surface area contributed by atoms with Gasteiger partial charge in [0.1, 0.15) is 0 Å². The SMILES string of the molecule is O=C(O)C1(CC(O)c2ccccc2)CCC1. The summed E-state index contributed by atoms with van der Waals surface area (Å²) in [6.07, 6.45) is 1.98. The van der Waals surface area contributed by atoms with Crippen LogP contribution in [0.15, 0.2) is 30.3 Å². The topological polar surface area (TPSA) is 57.5 Å². The van der Waals surface area contributed by atoms with Crippen molar-refractivity contribution in [2.24, 2.45) is 5.41 Å². The molecule has 2 N–H and O–H groups in total. The molecule has 2 rings (SSSR count). The van der Waals surface area contributed by atoms with Gasteiger partial charge in [0.2, 0.25) is 0 Å². The van der Waals surface area contributed by atoms with E-state index in [1.165, 1.54) is 0 Å². The van der Waals surface area contributed by atoms with Crippen LogP contribution in [0.4, 0.5) is 0 Å². The zero-order chi connectivity index (χ0) is 11.6. The first-order valence-corrected chi connectivity index (χ1v) is 5.60. The molecule has 86 valence electrons. The van der Waals surface area contributed by atoms with Gasteiger partial charge in [-0.2, -0.15) is 0 Å². The van der Waals surface area contributed by atoms with Crippen molar-refractivity contribution in [2.45, 2.75) is 31.8 Å². The van der Waals surface area contributed by atoms with Gasteiger partial charge in [0.05, 0.1) is 11.5 Å². The minimum Gasteiger partial charge on any atom is -0.481 e. The monoisotopic (exact) mass is 220 g/mol. The van der Waals surface area contributed by atoms with Gasteiger partial charge in [-0.1, -0.05) is 36.8 Å². The van der Waals surface area contributed by atoms with E-state index in [1.807, 2.05) is 30.3 Å². The quantitative estimate of drug-likeness (QED) is 0.819. The average molecular weight is 220 g/mol. The highest BCUT2D eigenvalue weighted by Crippen LogP contribution is 2.47. The highest BCUT2D eigenvalue weighted by molar-refractivity contribution is 5.75. The maximum absolute atomic E-state index is 11.2. The molecule has 0 radical (unpaired) electrons. The van der Waals surface area contributed by atoms with Gasteiger partial charge < -0.3 is 10.2 Å². The van der Waals surface area contributed by atoms with Gasteiger partial charge in [0.25, 0.3) is 0 Å². The molecule has 1 atom stereocenters. The third kappa shape index (κ3) is 1.95. The molecule has 0 heterocycles. The lowest BCUT2D eigenvalue weighted by molar-refractivity contribution is -0.157. The normalized spacial score (nSPS) is 19.8.